The molecule has 0 heterocycles. The van der Waals surface area contributed by atoms with Crippen molar-refractivity contribution in [3.63, 3.8) is 0 Å². The summed E-state index contributed by atoms with van der Waals surface area (Å²) in [5.41, 5.74) is 0. The van der Waals surface area contributed by atoms with E-state index in [0.29, 0.717) is 6.61 Å². The van der Waals surface area contributed by atoms with E-state index in [9.17, 15) is 9.59 Å². The topological polar surface area (TPSA) is 43.4 Å². The summed E-state index contributed by atoms with van der Waals surface area (Å²) in [5, 5.41) is 0. The van der Waals surface area contributed by atoms with E-state index in [0.717, 1.165) is 38.5 Å². The van der Waals surface area contributed by atoms with Gasteiger partial charge >= 0.3 is 5.97 Å². The SMILES string of the molecule is CCOC(=O)C(C(=O)C1CC1)C1CCCC1. The van der Waals surface area contributed by atoms with Gasteiger partial charge in [0.25, 0.3) is 0 Å². The molecule has 2 aliphatic carbocycles. The fraction of sp³-hybridized carbons (Fsp3) is 0.846. The Labute approximate surface area is 96.5 Å². The van der Waals surface area contributed by atoms with Crippen molar-refractivity contribution in [1.29, 1.82) is 0 Å². The maximum absolute atomic E-state index is 12.1. The van der Waals surface area contributed by atoms with E-state index < -0.39 is 5.92 Å². The molecule has 0 N–H and O–H groups in total. The van der Waals surface area contributed by atoms with Crippen LogP contribution in [0.5, 0.6) is 0 Å². The summed E-state index contributed by atoms with van der Waals surface area (Å²) in [7, 11) is 0. The predicted octanol–water partition coefficient (Wildman–Crippen LogP) is 2.33. The van der Waals surface area contributed by atoms with Crippen LogP contribution in [0.3, 0.4) is 0 Å². The molecule has 0 bridgehead atoms. The van der Waals surface area contributed by atoms with Gasteiger partial charge in [0.15, 0.2) is 0 Å². The maximum Gasteiger partial charge on any atom is 0.316 e. The van der Waals surface area contributed by atoms with Crippen molar-refractivity contribution in [3.8, 4) is 0 Å². The van der Waals surface area contributed by atoms with Crippen LogP contribution in [0.1, 0.15) is 45.4 Å². The van der Waals surface area contributed by atoms with Crippen LogP contribution in [0, 0.1) is 17.8 Å². The maximum atomic E-state index is 12.1. The van der Waals surface area contributed by atoms with Gasteiger partial charge in [0.1, 0.15) is 11.7 Å². The van der Waals surface area contributed by atoms with E-state index in [4.69, 9.17) is 4.74 Å². The molecule has 0 saturated heterocycles. The van der Waals surface area contributed by atoms with Gasteiger partial charge in [-0.25, -0.2) is 0 Å². The smallest absolute Gasteiger partial charge is 0.316 e. The second-order valence-corrected chi connectivity index (χ2v) is 4.95. The van der Waals surface area contributed by atoms with Crippen LogP contribution >= 0.6 is 0 Å². The quantitative estimate of drug-likeness (QED) is 0.531. The molecule has 16 heavy (non-hydrogen) atoms. The Morgan fingerprint density at radius 3 is 2.31 bits per heavy atom. The molecule has 2 saturated carbocycles. The molecule has 0 radical (unpaired) electrons. The first-order valence-electron chi connectivity index (χ1n) is 6.44. The minimum absolute atomic E-state index is 0.158. The van der Waals surface area contributed by atoms with Crippen LogP contribution in [0.4, 0.5) is 0 Å². The summed E-state index contributed by atoms with van der Waals surface area (Å²) < 4.78 is 5.06. The monoisotopic (exact) mass is 224 g/mol. The number of Topliss-reactive ketones (excluding diaryl/α,β-unsaturated/α-hetero) is 1. The summed E-state index contributed by atoms with van der Waals surface area (Å²) in [6.45, 7) is 2.17. The van der Waals surface area contributed by atoms with Crippen LogP contribution in [-0.4, -0.2) is 18.4 Å². The minimum atomic E-state index is -0.449. The van der Waals surface area contributed by atoms with E-state index in [-0.39, 0.29) is 23.6 Å². The normalized spacial score (nSPS) is 23.1. The van der Waals surface area contributed by atoms with E-state index in [1.807, 2.05) is 0 Å². The minimum Gasteiger partial charge on any atom is -0.465 e. The fourth-order valence-corrected chi connectivity index (χ4v) is 2.69. The van der Waals surface area contributed by atoms with Gasteiger partial charge in [-0.2, -0.15) is 0 Å². The molecule has 0 aromatic carbocycles. The number of carbonyl (C=O) groups is 2. The number of hydrogen-bond acceptors (Lipinski definition) is 3. The molecular formula is C13H20O3. The second kappa shape index (κ2) is 4.98. The Hall–Kier alpha value is -0.860. The lowest BCUT2D eigenvalue weighted by atomic mass is 9.85. The standard InChI is InChI=1S/C13H20O3/c1-2-16-13(15)11(9-5-3-4-6-9)12(14)10-7-8-10/h9-11H,2-8H2,1H3. The van der Waals surface area contributed by atoms with Gasteiger partial charge in [-0.05, 0) is 38.5 Å². The van der Waals surface area contributed by atoms with E-state index in [1.54, 1.807) is 6.92 Å². The van der Waals surface area contributed by atoms with E-state index >= 15 is 0 Å². The molecule has 3 heteroatoms. The zero-order valence-corrected chi connectivity index (χ0v) is 9.91. The van der Waals surface area contributed by atoms with Crippen molar-refractivity contribution in [2.45, 2.75) is 45.4 Å². The van der Waals surface area contributed by atoms with Crippen molar-refractivity contribution < 1.29 is 14.3 Å². The van der Waals surface area contributed by atoms with Gasteiger partial charge in [0.2, 0.25) is 0 Å². The fourth-order valence-electron chi connectivity index (χ4n) is 2.69. The molecule has 90 valence electrons. The summed E-state index contributed by atoms with van der Waals surface area (Å²) in [6, 6.07) is 0. The summed E-state index contributed by atoms with van der Waals surface area (Å²) >= 11 is 0. The van der Waals surface area contributed by atoms with Crippen molar-refractivity contribution in [3.05, 3.63) is 0 Å². The average molecular weight is 224 g/mol. The number of carbonyl (C=O) groups excluding carboxylic acids is 2. The molecule has 1 atom stereocenters. The molecule has 0 aromatic heterocycles. The van der Waals surface area contributed by atoms with Gasteiger partial charge in [-0.3, -0.25) is 9.59 Å². The Balaban J connectivity index is 2.04. The van der Waals surface area contributed by atoms with Crippen molar-refractivity contribution >= 4 is 11.8 Å². The number of hydrogen-bond donors (Lipinski definition) is 0. The Morgan fingerprint density at radius 2 is 1.81 bits per heavy atom. The zero-order chi connectivity index (χ0) is 11.5. The van der Waals surface area contributed by atoms with Gasteiger partial charge in [-0.15, -0.1) is 0 Å². The highest BCUT2D eigenvalue weighted by molar-refractivity contribution is 6.01. The largest absolute Gasteiger partial charge is 0.465 e. The third-order valence-corrected chi connectivity index (χ3v) is 3.70. The Bertz CT molecular complexity index is 275. The van der Waals surface area contributed by atoms with Gasteiger partial charge in [0, 0.05) is 5.92 Å². The molecule has 0 spiro atoms. The molecule has 2 rings (SSSR count). The molecular weight excluding hydrogens is 204 g/mol. The Kier molecular flexibility index (Phi) is 3.62. The number of ketones is 1. The van der Waals surface area contributed by atoms with Gasteiger partial charge in [-0.1, -0.05) is 12.8 Å². The predicted molar refractivity (Wildman–Crippen MR) is 59.8 cm³/mol. The molecule has 3 nitrogen and oxygen atoms in total. The highest BCUT2D eigenvalue weighted by atomic mass is 16.5. The zero-order valence-electron chi connectivity index (χ0n) is 9.91. The van der Waals surface area contributed by atoms with Crippen LogP contribution in [-0.2, 0) is 14.3 Å². The highest BCUT2D eigenvalue weighted by Crippen LogP contribution is 2.39. The first-order chi connectivity index (χ1) is 7.74. The summed E-state index contributed by atoms with van der Waals surface area (Å²) in [4.78, 5) is 24.0. The first kappa shape index (κ1) is 11.6. The average Bonchev–Trinajstić information content (AvgIpc) is 2.98. The third kappa shape index (κ3) is 2.45. The molecule has 0 amide bonds. The lowest BCUT2D eigenvalue weighted by molar-refractivity contribution is -0.154. The summed E-state index contributed by atoms with van der Waals surface area (Å²) in [5.74, 6) is -0.145. The van der Waals surface area contributed by atoms with Crippen molar-refractivity contribution in [2.75, 3.05) is 6.61 Å². The van der Waals surface area contributed by atoms with Crippen molar-refractivity contribution in [2.24, 2.45) is 17.8 Å². The first-order valence-corrected chi connectivity index (χ1v) is 6.44. The molecule has 0 aliphatic heterocycles. The van der Waals surface area contributed by atoms with Gasteiger partial charge in [0.05, 0.1) is 6.61 Å². The highest BCUT2D eigenvalue weighted by Gasteiger charge is 2.43. The molecule has 2 aliphatic rings. The summed E-state index contributed by atoms with van der Waals surface area (Å²) in [6.07, 6.45) is 6.28. The third-order valence-electron chi connectivity index (χ3n) is 3.70. The lowest BCUT2D eigenvalue weighted by Gasteiger charge is -2.20. The van der Waals surface area contributed by atoms with Gasteiger partial charge < -0.3 is 4.74 Å². The lowest BCUT2D eigenvalue weighted by Crippen LogP contribution is -2.33. The number of esters is 1. The number of rotatable bonds is 5. The van der Waals surface area contributed by atoms with Crippen LogP contribution in [0.15, 0.2) is 0 Å². The van der Waals surface area contributed by atoms with Crippen LogP contribution in [0.25, 0.3) is 0 Å². The molecule has 0 aromatic rings. The van der Waals surface area contributed by atoms with Crippen LogP contribution < -0.4 is 0 Å². The number of ether oxygens (including phenoxy) is 1. The van der Waals surface area contributed by atoms with Crippen LogP contribution in [0.2, 0.25) is 0 Å². The molecule has 1 unspecified atom stereocenters. The van der Waals surface area contributed by atoms with E-state index in [2.05, 4.69) is 0 Å². The second-order valence-electron chi connectivity index (χ2n) is 4.95. The molecule has 2 fully saturated rings. The van der Waals surface area contributed by atoms with Crippen molar-refractivity contribution in [1.82, 2.24) is 0 Å². The van der Waals surface area contributed by atoms with E-state index in [1.165, 1.54) is 0 Å². The Morgan fingerprint density at radius 1 is 1.19 bits per heavy atom.